The molecule has 1 heterocycles. The highest BCUT2D eigenvalue weighted by Crippen LogP contribution is 2.33. The van der Waals surface area contributed by atoms with Crippen molar-refractivity contribution < 1.29 is 18.0 Å². The monoisotopic (exact) mass is 534 g/mol. The van der Waals surface area contributed by atoms with Crippen molar-refractivity contribution in [1.82, 2.24) is 15.6 Å². The van der Waals surface area contributed by atoms with Crippen molar-refractivity contribution in [2.75, 3.05) is 24.6 Å². The molecule has 2 N–H and O–H groups in total. The van der Waals surface area contributed by atoms with Gasteiger partial charge in [0.1, 0.15) is 11.7 Å². The highest BCUT2D eigenvalue weighted by Gasteiger charge is 2.34. The van der Waals surface area contributed by atoms with Crippen molar-refractivity contribution in [3.05, 3.63) is 53.3 Å². The molecule has 0 bridgehead atoms. The predicted octanol–water partition coefficient (Wildman–Crippen LogP) is 3.48. The second-order valence-electron chi connectivity index (χ2n) is 8.23. The maximum absolute atomic E-state index is 13.0. The number of aromatic nitrogens is 1. The Morgan fingerprint density at radius 1 is 1.14 bits per heavy atom. The van der Waals surface area contributed by atoms with Gasteiger partial charge in [-0.2, -0.15) is 5.26 Å². The molecule has 1 aliphatic carbocycles. The number of pyridine rings is 1. The number of benzene rings is 1. The molecule has 0 aliphatic heterocycles. The molecule has 0 radical (unpaired) electrons. The Morgan fingerprint density at radius 3 is 2.60 bits per heavy atom. The molecule has 2 amide bonds. The first kappa shape index (κ1) is 27.0. The van der Waals surface area contributed by atoms with Crippen LogP contribution in [0.5, 0.6) is 0 Å². The number of nitriles is 1. The van der Waals surface area contributed by atoms with Crippen LogP contribution in [0.4, 0.5) is 0 Å². The normalized spacial score (nSPS) is 17.8. The number of carbonyl (C=O) groups excluding carboxylic acids is 2. The van der Waals surface area contributed by atoms with E-state index in [2.05, 4.69) is 15.6 Å². The molecular weight excluding hydrogens is 508 g/mol. The zero-order chi connectivity index (χ0) is 25.3. The zero-order valence-corrected chi connectivity index (χ0v) is 21.5. The van der Waals surface area contributed by atoms with Crippen LogP contribution in [0.1, 0.15) is 36.0 Å². The summed E-state index contributed by atoms with van der Waals surface area (Å²) < 4.78 is 26.1. The van der Waals surface area contributed by atoms with Crippen LogP contribution in [-0.2, 0) is 14.6 Å². The van der Waals surface area contributed by atoms with Gasteiger partial charge in [-0.15, -0.1) is 11.8 Å². The Bertz CT molecular complexity index is 1180. The van der Waals surface area contributed by atoms with E-state index in [1.807, 2.05) is 6.07 Å². The van der Waals surface area contributed by atoms with E-state index in [1.165, 1.54) is 18.0 Å². The quantitative estimate of drug-likeness (QED) is 0.206. The van der Waals surface area contributed by atoms with Crippen LogP contribution in [0.3, 0.4) is 0 Å². The van der Waals surface area contributed by atoms with Crippen LogP contribution < -0.4 is 10.6 Å². The lowest BCUT2D eigenvalue weighted by Crippen LogP contribution is -2.39. The van der Waals surface area contributed by atoms with Crippen molar-refractivity contribution in [3.63, 3.8) is 0 Å². The number of sulfone groups is 1. The second-order valence-corrected chi connectivity index (χ2v) is 11.8. The van der Waals surface area contributed by atoms with E-state index >= 15 is 0 Å². The largest absolute Gasteiger partial charge is 0.351 e. The summed E-state index contributed by atoms with van der Waals surface area (Å²) in [5.74, 6) is -0.690. The molecule has 0 unspecified atom stereocenters. The number of nitrogens with zero attached hydrogens (tertiary/aromatic N) is 2. The number of hydrogen-bond donors (Lipinski definition) is 2. The van der Waals surface area contributed by atoms with Gasteiger partial charge in [0, 0.05) is 29.3 Å². The van der Waals surface area contributed by atoms with Crippen LogP contribution in [0.15, 0.2) is 52.4 Å². The molecule has 0 saturated heterocycles. The molecule has 2 atom stereocenters. The first-order valence-electron chi connectivity index (χ1n) is 11.3. The summed E-state index contributed by atoms with van der Waals surface area (Å²) >= 11 is 7.42. The third-order valence-corrected chi connectivity index (χ3v) is 9.04. The summed E-state index contributed by atoms with van der Waals surface area (Å²) in [5.41, 5.74) is 0.316. The highest BCUT2D eigenvalue weighted by atomic mass is 35.5. The molecule has 0 spiro atoms. The molecule has 8 nitrogen and oxygen atoms in total. The second kappa shape index (κ2) is 12.9. The van der Waals surface area contributed by atoms with Gasteiger partial charge in [-0.05, 0) is 55.2 Å². The number of hydrogen-bond acceptors (Lipinski definition) is 7. The maximum Gasteiger partial charge on any atom is 0.254 e. The Hall–Kier alpha value is -2.61. The Morgan fingerprint density at radius 2 is 1.89 bits per heavy atom. The number of rotatable bonds is 10. The van der Waals surface area contributed by atoms with Crippen LogP contribution in [-0.4, -0.2) is 49.8 Å². The number of halogens is 1. The lowest BCUT2D eigenvalue weighted by Gasteiger charge is -2.30. The van der Waals surface area contributed by atoms with E-state index in [0.717, 1.165) is 17.7 Å². The molecule has 35 heavy (non-hydrogen) atoms. The van der Waals surface area contributed by atoms with Gasteiger partial charge in [0.05, 0.1) is 22.3 Å². The molecule has 2 aromatic rings. The van der Waals surface area contributed by atoms with Crippen LogP contribution >= 0.6 is 23.4 Å². The Labute approximate surface area is 214 Å². The fraction of sp³-hybridized carbons (Fsp3) is 0.417. The van der Waals surface area contributed by atoms with Gasteiger partial charge in [-0.25, -0.2) is 13.4 Å². The van der Waals surface area contributed by atoms with Gasteiger partial charge >= 0.3 is 0 Å². The smallest absolute Gasteiger partial charge is 0.254 e. The van der Waals surface area contributed by atoms with Crippen molar-refractivity contribution in [1.29, 1.82) is 5.26 Å². The lowest BCUT2D eigenvalue weighted by atomic mass is 9.80. The van der Waals surface area contributed by atoms with Crippen LogP contribution in [0, 0.1) is 23.2 Å². The molecule has 1 fully saturated rings. The molecular formula is C24H27ClN4O4S2. The molecule has 1 saturated carbocycles. The molecule has 1 aromatic heterocycles. The number of carbonyl (C=O) groups is 2. The van der Waals surface area contributed by atoms with Crippen LogP contribution in [0.2, 0.25) is 5.15 Å². The predicted molar refractivity (Wildman–Crippen MR) is 135 cm³/mol. The van der Waals surface area contributed by atoms with Crippen molar-refractivity contribution in [3.8, 4) is 6.07 Å². The number of amides is 2. The van der Waals surface area contributed by atoms with Crippen molar-refractivity contribution in [2.45, 2.75) is 35.5 Å². The van der Waals surface area contributed by atoms with Crippen LogP contribution in [0.25, 0.3) is 0 Å². The Kier molecular flexibility index (Phi) is 9.95. The molecule has 1 aromatic carbocycles. The number of thioether (sulfide) groups is 1. The van der Waals surface area contributed by atoms with Gasteiger partial charge in [-0.1, -0.05) is 24.4 Å². The van der Waals surface area contributed by atoms with E-state index in [1.54, 1.807) is 36.4 Å². The van der Waals surface area contributed by atoms with E-state index < -0.39 is 15.8 Å². The lowest BCUT2D eigenvalue weighted by molar-refractivity contribution is -0.127. The van der Waals surface area contributed by atoms with E-state index in [9.17, 15) is 18.0 Å². The summed E-state index contributed by atoms with van der Waals surface area (Å²) in [7, 11) is -3.56. The SMILES string of the molecule is N#CCNC(=O)[C@@H]1CCCC[C@H]1CS(=O)(=O)c1ccc(SCCNC(=O)c2cccnc2Cl)cc1. The van der Waals surface area contributed by atoms with Crippen molar-refractivity contribution in [2.24, 2.45) is 11.8 Å². The van der Waals surface area contributed by atoms with Gasteiger partial charge in [0.25, 0.3) is 5.91 Å². The minimum atomic E-state index is -3.56. The fourth-order valence-electron chi connectivity index (χ4n) is 4.12. The zero-order valence-electron chi connectivity index (χ0n) is 19.1. The van der Waals surface area contributed by atoms with Gasteiger partial charge in [0.15, 0.2) is 9.84 Å². The molecule has 186 valence electrons. The van der Waals surface area contributed by atoms with E-state index in [4.69, 9.17) is 16.9 Å². The summed E-state index contributed by atoms with van der Waals surface area (Å²) in [6, 6.07) is 11.8. The van der Waals surface area contributed by atoms with E-state index in [0.29, 0.717) is 30.7 Å². The fourth-order valence-corrected chi connectivity index (χ4v) is 6.79. The van der Waals surface area contributed by atoms with Gasteiger partial charge in [0.2, 0.25) is 5.91 Å². The number of nitrogens with one attached hydrogen (secondary N) is 2. The van der Waals surface area contributed by atoms with E-state index in [-0.39, 0.29) is 40.1 Å². The Balaban J connectivity index is 1.52. The van der Waals surface area contributed by atoms with Crippen molar-refractivity contribution >= 4 is 45.0 Å². The minimum Gasteiger partial charge on any atom is -0.351 e. The molecule has 11 heteroatoms. The maximum atomic E-state index is 13.0. The average Bonchev–Trinajstić information content (AvgIpc) is 2.85. The summed E-state index contributed by atoms with van der Waals surface area (Å²) in [6.45, 7) is 0.334. The topological polar surface area (TPSA) is 129 Å². The third kappa shape index (κ3) is 7.69. The average molecular weight is 535 g/mol. The first-order chi connectivity index (χ1) is 16.8. The van der Waals surface area contributed by atoms with Gasteiger partial charge < -0.3 is 10.6 Å². The summed E-state index contributed by atoms with van der Waals surface area (Å²) in [6.07, 6.45) is 4.59. The third-order valence-electron chi connectivity index (χ3n) is 5.86. The molecule has 3 rings (SSSR count). The summed E-state index contributed by atoms with van der Waals surface area (Å²) in [5, 5.41) is 14.2. The highest BCUT2D eigenvalue weighted by molar-refractivity contribution is 7.99. The first-order valence-corrected chi connectivity index (χ1v) is 14.3. The summed E-state index contributed by atoms with van der Waals surface area (Å²) in [4.78, 5) is 29.6. The van der Waals surface area contributed by atoms with Gasteiger partial charge in [-0.3, -0.25) is 9.59 Å². The standard InChI is InChI=1S/C24H27ClN4O4S2/c25-22-21(6-3-12-27-22)24(31)29-14-15-34-18-7-9-19(10-8-18)35(32,33)16-17-4-1-2-5-20(17)23(30)28-13-11-26/h3,6-10,12,17,20H,1-2,4-5,13-16H2,(H,28,30)(H,29,31)/t17-,20+/m0/s1. The molecule has 1 aliphatic rings. The minimum absolute atomic E-state index is 0.0746.